The van der Waals surface area contributed by atoms with Crippen LogP contribution in [0.1, 0.15) is 24.8 Å². The molecule has 1 aromatic carbocycles. The second kappa shape index (κ2) is 6.75. The van der Waals surface area contributed by atoms with Crippen LogP contribution in [0.25, 0.3) is 0 Å². The van der Waals surface area contributed by atoms with E-state index in [9.17, 15) is 9.90 Å². The molecule has 1 N–H and O–H groups in total. The van der Waals surface area contributed by atoms with E-state index < -0.39 is 5.97 Å². The van der Waals surface area contributed by atoms with Gasteiger partial charge in [0.15, 0.2) is 11.5 Å². The summed E-state index contributed by atoms with van der Waals surface area (Å²) < 4.78 is 11.3. The minimum atomic E-state index is -0.707. The minimum Gasteiger partial charge on any atom is -0.489 e. The van der Waals surface area contributed by atoms with Crippen LogP contribution >= 0.6 is 11.6 Å². The summed E-state index contributed by atoms with van der Waals surface area (Å²) >= 11 is 6.30. The molecule has 0 amide bonds. The summed E-state index contributed by atoms with van der Waals surface area (Å²) in [4.78, 5) is 13.3. The van der Waals surface area contributed by atoms with Gasteiger partial charge in [0.25, 0.3) is 0 Å². The molecule has 2 aliphatic rings. The van der Waals surface area contributed by atoms with Gasteiger partial charge in [-0.15, -0.1) is 0 Å². The van der Waals surface area contributed by atoms with Gasteiger partial charge in [-0.05, 0) is 37.1 Å². The Morgan fingerprint density at radius 2 is 2.14 bits per heavy atom. The quantitative estimate of drug-likeness (QED) is 0.926. The number of fused-ring (bicyclic) bond motifs is 1. The van der Waals surface area contributed by atoms with E-state index in [0.717, 1.165) is 31.4 Å². The molecular formula is C16H20ClNO4. The highest BCUT2D eigenvalue weighted by Gasteiger charge is 2.26. The number of hydrogen-bond acceptors (Lipinski definition) is 4. The molecule has 0 radical (unpaired) electrons. The van der Waals surface area contributed by atoms with Crippen LogP contribution in [0.2, 0.25) is 5.02 Å². The predicted molar refractivity (Wildman–Crippen MR) is 82.7 cm³/mol. The lowest BCUT2D eigenvalue weighted by molar-refractivity contribution is -0.143. The maximum absolute atomic E-state index is 11.2. The third-order valence-electron chi connectivity index (χ3n) is 4.12. The van der Waals surface area contributed by atoms with Crippen LogP contribution in [-0.4, -0.2) is 42.3 Å². The monoisotopic (exact) mass is 325 g/mol. The Bertz CT molecular complexity index is 563. The molecule has 22 heavy (non-hydrogen) atoms. The van der Waals surface area contributed by atoms with Crippen molar-refractivity contribution in [2.24, 2.45) is 5.92 Å². The molecule has 2 aliphatic heterocycles. The molecule has 0 aliphatic carbocycles. The van der Waals surface area contributed by atoms with Gasteiger partial charge in [0.1, 0.15) is 0 Å². The number of benzene rings is 1. The van der Waals surface area contributed by atoms with Gasteiger partial charge in [0.2, 0.25) is 0 Å². The van der Waals surface area contributed by atoms with E-state index in [1.54, 1.807) is 0 Å². The van der Waals surface area contributed by atoms with Gasteiger partial charge in [0.05, 0.1) is 24.2 Å². The van der Waals surface area contributed by atoms with Crippen molar-refractivity contribution < 1.29 is 19.4 Å². The number of carbonyl (C=O) groups is 1. The van der Waals surface area contributed by atoms with E-state index in [-0.39, 0.29) is 5.92 Å². The van der Waals surface area contributed by atoms with Gasteiger partial charge in [-0.2, -0.15) is 0 Å². The standard InChI is InChI=1S/C16H20ClNO4/c17-13-7-11(8-14-15(13)22-6-2-5-21-14)9-18-4-1-3-12(10-18)16(19)20/h7-8,12H,1-6,9-10H2,(H,19,20). The summed E-state index contributed by atoms with van der Waals surface area (Å²) in [6.07, 6.45) is 2.51. The van der Waals surface area contributed by atoms with E-state index in [2.05, 4.69) is 4.90 Å². The third-order valence-corrected chi connectivity index (χ3v) is 4.40. The molecule has 0 spiro atoms. The Labute approximate surface area is 134 Å². The lowest BCUT2D eigenvalue weighted by Gasteiger charge is -2.30. The van der Waals surface area contributed by atoms with Gasteiger partial charge in [0, 0.05) is 19.5 Å². The molecule has 1 saturated heterocycles. The van der Waals surface area contributed by atoms with Crippen molar-refractivity contribution in [3.8, 4) is 11.5 Å². The summed E-state index contributed by atoms with van der Waals surface area (Å²) in [6.45, 7) is 3.41. The number of hydrogen-bond donors (Lipinski definition) is 1. The Hall–Kier alpha value is -1.46. The molecule has 1 aromatic rings. The van der Waals surface area contributed by atoms with Gasteiger partial charge in [-0.25, -0.2) is 0 Å². The fourth-order valence-electron chi connectivity index (χ4n) is 3.03. The van der Waals surface area contributed by atoms with Gasteiger partial charge in [-0.3, -0.25) is 9.69 Å². The summed E-state index contributed by atoms with van der Waals surface area (Å²) in [5.74, 6) is 0.322. The molecule has 5 nitrogen and oxygen atoms in total. The topological polar surface area (TPSA) is 59.0 Å². The molecule has 6 heteroatoms. The average molecular weight is 326 g/mol. The summed E-state index contributed by atoms with van der Waals surface area (Å²) in [7, 11) is 0. The fraction of sp³-hybridized carbons (Fsp3) is 0.562. The highest BCUT2D eigenvalue weighted by molar-refractivity contribution is 6.32. The lowest BCUT2D eigenvalue weighted by atomic mass is 9.98. The van der Waals surface area contributed by atoms with Crippen molar-refractivity contribution in [3.05, 3.63) is 22.7 Å². The largest absolute Gasteiger partial charge is 0.489 e. The maximum atomic E-state index is 11.2. The predicted octanol–water partition coefficient (Wildman–Crippen LogP) is 2.80. The summed E-state index contributed by atoms with van der Waals surface area (Å²) in [5.41, 5.74) is 1.03. The number of halogens is 1. The first-order valence-electron chi connectivity index (χ1n) is 7.66. The second-order valence-electron chi connectivity index (χ2n) is 5.87. The van der Waals surface area contributed by atoms with Crippen LogP contribution in [0.5, 0.6) is 11.5 Å². The number of aliphatic carboxylic acids is 1. The highest BCUT2D eigenvalue weighted by Crippen LogP contribution is 2.38. The third kappa shape index (κ3) is 3.47. The van der Waals surface area contributed by atoms with Crippen LogP contribution in [0.15, 0.2) is 12.1 Å². The number of ether oxygens (including phenoxy) is 2. The van der Waals surface area contributed by atoms with Crippen LogP contribution in [0.4, 0.5) is 0 Å². The fourth-order valence-corrected chi connectivity index (χ4v) is 3.32. The van der Waals surface area contributed by atoms with Crippen LogP contribution in [0, 0.1) is 5.92 Å². The molecule has 2 heterocycles. The molecule has 120 valence electrons. The van der Waals surface area contributed by atoms with Crippen molar-refractivity contribution in [2.45, 2.75) is 25.8 Å². The number of carboxylic acids is 1. The van der Waals surface area contributed by atoms with E-state index in [4.69, 9.17) is 21.1 Å². The SMILES string of the molecule is O=C(O)C1CCCN(Cc2cc(Cl)c3c(c2)OCCCO3)C1. The van der Waals surface area contributed by atoms with Crippen LogP contribution in [-0.2, 0) is 11.3 Å². The summed E-state index contributed by atoms with van der Waals surface area (Å²) in [6, 6.07) is 3.84. The van der Waals surface area contributed by atoms with E-state index in [1.165, 1.54) is 0 Å². The van der Waals surface area contributed by atoms with E-state index >= 15 is 0 Å². The molecule has 0 bridgehead atoms. The number of likely N-dealkylation sites (tertiary alicyclic amines) is 1. The lowest BCUT2D eigenvalue weighted by Crippen LogP contribution is -2.38. The Balaban J connectivity index is 1.74. The van der Waals surface area contributed by atoms with E-state index in [1.807, 2.05) is 12.1 Å². The molecule has 1 atom stereocenters. The first kappa shape index (κ1) is 15.4. The zero-order valence-corrected chi connectivity index (χ0v) is 13.1. The van der Waals surface area contributed by atoms with Crippen LogP contribution in [0.3, 0.4) is 0 Å². The smallest absolute Gasteiger partial charge is 0.307 e. The molecule has 3 rings (SSSR count). The Kier molecular flexibility index (Phi) is 4.74. The van der Waals surface area contributed by atoms with Crippen LogP contribution < -0.4 is 9.47 Å². The molecule has 1 unspecified atom stereocenters. The summed E-state index contributed by atoms with van der Waals surface area (Å²) in [5, 5.41) is 9.73. The van der Waals surface area contributed by atoms with Crippen molar-refractivity contribution in [1.82, 2.24) is 4.90 Å². The van der Waals surface area contributed by atoms with E-state index in [0.29, 0.717) is 42.8 Å². The van der Waals surface area contributed by atoms with Crippen molar-refractivity contribution in [1.29, 1.82) is 0 Å². The van der Waals surface area contributed by atoms with Crippen molar-refractivity contribution in [2.75, 3.05) is 26.3 Å². The number of piperidine rings is 1. The van der Waals surface area contributed by atoms with Crippen molar-refractivity contribution >= 4 is 17.6 Å². The number of rotatable bonds is 3. The average Bonchev–Trinajstić information content (AvgIpc) is 2.73. The highest BCUT2D eigenvalue weighted by atomic mass is 35.5. The maximum Gasteiger partial charge on any atom is 0.307 e. The second-order valence-corrected chi connectivity index (χ2v) is 6.28. The van der Waals surface area contributed by atoms with Crippen molar-refractivity contribution in [3.63, 3.8) is 0 Å². The van der Waals surface area contributed by atoms with Gasteiger partial charge >= 0.3 is 5.97 Å². The molecule has 0 saturated carbocycles. The zero-order valence-electron chi connectivity index (χ0n) is 12.4. The Morgan fingerprint density at radius 3 is 2.95 bits per heavy atom. The van der Waals surface area contributed by atoms with Gasteiger partial charge in [-0.1, -0.05) is 11.6 Å². The first-order valence-corrected chi connectivity index (χ1v) is 8.04. The molecular weight excluding hydrogens is 306 g/mol. The molecule has 1 fully saturated rings. The molecule has 0 aromatic heterocycles. The number of nitrogens with zero attached hydrogens (tertiary/aromatic N) is 1. The zero-order chi connectivity index (χ0) is 15.5. The normalized spacial score (nSPS) is 22.1. The Morgan fingerprint density at radius 1 is 1.32 bits per heavy atom. The van der Waals surface area contributed by atoms with Gasteiger partial charge < -0.3 is 14.6 Å². The minimum absolute atomic E-state index is 0.273. The number of carboxylic acid groups (broad SMARTS) is 1. The first-order chi connectivity index (χ1) is 10.6.